The highest BCUT2D eigenvalue weighted by molar-refractivity contribution is 7.00. The van der Waals surface area contributed by atoms with E-state index in [2.05, 4.69) is 19.8 Å². The highest BCUT2D eigenvalue weighted by Gasteiger charge is 2.25. The smallest absolute Gasteiger partial charge is 0.256 e. The van der Waals surface area contributed by atoms with Crippen molar-refractivity contribution in [3.8, 4) is 6.07 Å². The van der Waals surface area contributed by atoms with Crippen LogP contribution in [-0.4, -0.2) is 50.7 Å². The van der Waals surface area contributed by atoms with Gasteiger partial charge < -0.3 is 9.80 Å². The SMILES string of the molecule is N#Cc1cccnc1N1CCN(C(=O)c2cccc3nsnc23)CC1. The summed E-state index contributed by atoms with van der Waals surface area (Å²) in [5, 5.41) is 9.23. The molecule has 25 heavy (non-hydrogen) atoms. The molecule has 7 nitrogen and oxygen atoms in total. The molecule has 0 radical (unpaired) electrons. The molecule has 8 heteroatoms. The Balaban J connectivity index is 1.51. The second-order valence-corrected chi connectivity index (χ2v) is 6.23. The number of carbonyl (C=O) groups excluding carboxylic acids is 1. The number of hydrogen-bond acceptors (Lipinski definition) is 7. The molecule has 0 aliphatic carbocycles. The van der Waals surface area contributed by atoms with Gasteiger partial charge in [-0.05, 0) is 24.3 Å². The number of pyridine rings is 1. The van der Waals surface area contributed by atoms with Gasteiger partial charge in [-0.15, -0.1) is 0 Å². The van der Waals surface area contributed by atoms with Crippen molar-refractivity contribution in [2.45, 2.75) is 0 Å². The normalized spacial score (nSPS) is 14.5. The summed E-state index contributed by atoms with van der Waals surface area (Å²) in [5.41, 5.74) is 2.56. The summed E-state index contributed by atoms with van der Waals surface area (Å²) in [6, 6.07) is 11.2. The number of carbonyl (C=O) groups is 1. The maximum Gasteiger partial charge on any atom is 0.256 e. The number of nitrogens with zero attached hydrogens (tertiary/aromatic N) is 6. The zero-order chi connectivity index (χ0) is 17.2. The number of rotatable bonds is 2. The van der Waals surface area contributed by atoms with E-state index in [4.69, 9.17) is 0 Å². The third-order valence-corrected chi connectivity index (χ3v) is 4.83. The Labute approximate surface area is 148 Å². The van der Waals surface area contributed by atoms with Gasteiger partial charge in [0.15, 0.2) is 0 Å². The molecule has 4 rings (SSSR count). The largest absolute Gasteiger partial charge is 0.352 e. The van der Waals surface area contributed by atoms with Gasteiger partial charge in [0.05, 0.1) is 22.9 Å². The number of fused-ring (bicyclic) bond motifs is 1. The molecule has 2 aromatic heterocycles. The Hall–Kier alpha value is -3.05. The Kier molecular flexibility index (Phi) is 3.99. The Morgan fingerprint density at radius 3 is 2.76 bits per heavy atom. The molecule has 0 atom stereocenters. The topological polar surface area (TPSA) is 86.0 Å². The number of anilines is 1. The van der Waals surface area contributed by atoms with Gasteiger partial charge in [-0.3, -0.25) is 4.79 Å². The van der Waals surface area contributed by atoms with E-state index in [0.717, 1.165) is 17.2 Å². The van der Waals surface area contributed by atoms with Crippen LogP contribution in [0.25, 0.3) is 11.0 Å². The van der Waals surface area contributed by atoms with E-state index in [-0.39, 0.29) is 5.91 Å². The molecule has 1 aliphatic rings. The summed E-state index contributed by atoms with van der Waals surface area (Å²) in [7, 11) is 0. The molecule has 3 aromatic rings. The van der Waals surface area contributed by atoms with Crippen molar-refractivity contribution >= 4 is 34.5 Å². The number of nitriles is 1. The molecule has 3 heterocycles. The van der Waals surface area contributed by atoms with E-state index in [1.54, 1.807) is 24.4 Å². The average molecular weight is 350 g/mol. The van der Waals surface area contributed by atoms with Gasteiger partial charge in [0.2, 0.25) is 0 Å². The third-order valence-electron chi connectivity index (χ3n) is 4.29. The quantitative estimate of drug-likeness (QED) is 0.702. The first-order chi connectivity index (χ1) is 12.3. The van der Waals surface area contributed by atoms with Crippen LogP contribution in [-0.2, 0) is 0 Å². The molecule has 0 bridgehead atoms. The van der Waals surface area contributed by atoms with Crippen LogP contribution in [0.2, 0.25) is 0 Å². The van der Waals surface area contributed by atoms with Gasteiger partial charge in [-0.1, -0.05) is 6.07 Å². The lowest BCUT2D eigenvalue weighted by Gasteiger charge is -2.35. The molecule has 0 N–H and O–H groups in total. The van der Waals surface area contributed by atoms with Gasteiger partial charge in [0, 0.05) is 32.4 Å². The van der Waals surface area contributed by atoms with Gasteiger partial charge >= 0.3 is 0 Å². The van der Waals surface area contributed by atoms with Crippen molar-refractivity contribution in [1.82, 2.24) is 18.6 Å². The lowest BCUT2D eigenvalue weighted by molar-refractivity contribution is 0.0748. The van der Waals surface area contributed by atoms with Crippen LogP contribution in [0.15, 0.2) is 36.5 Å². The fourth-order valence-electron chi connectivity index (χ4n) is 3.01. The maximum absolute atomic E-state index is 12.9. The van der Waals surface area contributed by atoms with Gasteiger partial charge in [0.1, 0.15) is 22.9 Å². The molecule has 124 valence electrons. The van der Waals surface area contributed by atoms with Crippen LogP contribution in [0, 0.1) is 11.3 Å². The first kappa shape index (κ1) is 15.5. The molecule has 0 spiro atoms. The molecule has 0 unspecified atom stereocenters. The van der Waals surface area contributed by atoms with Gasteiger partial charge in [-0.25, -0.2) is 4.98 Å². The van der Waals surface area contributed by atoms with Crippen molar-refractivity contribution < 1.29 is 4.79 Å². The second-order valence-electron chi connectivity index (χ2n) is 5.70. The van der Waals surface area contributed by atoms with Crippen LogP contribution < -0.4 is 4.90 Å². The van der Waals surface area contributed by atoms with Crippen LogP contribution in [0.1, 0.15) is 15.9 Å². The number of amides is 1. The predicted octanol–water partition coefficient (Wildman–Crippen LogP) is 1.92. The first-order valence-corrected chi connectivity index (χ1v) is 8.61. The maximum atomic E-state index is 12.9. The van der Waals surface area contributed by atoms with E-state index in [0.29, 0.717) is 48.6 Å². The molecule has 1 amide bonds. The molecule has 1 aromatic carbocycles. The minimum atomic E-state index is -0.0283. The predicted molar refractivity (Wildman–Crippen MR) is 94.5 cm³/mol. The Morgan fingerprint density at radius 1 is 1.12 bits per heavy atom. The molecule has 1 fully saturated rings. The van der Waals surface area contributed by atoms with Crippen LogP contribution in [0.4, 0.5) is 5.82 Å². The summed E-state index contributed by atoms with van der Waals surface area (Å²) in [5.74, 6) is 0.655. The molecular weight excluding hydrogens is 336 g/mol. The van der Waals surface area contributed by atoms with Crippen molar-refractivity contribution in [2.75, 3.05) is 31.1 Å². The summed E-state index contributed by atoms with van der Waals surface area (Å²) in [6.45, 7) is 2.44. The summed E-state index contributed by atoms with van der Waals surface area (Å²) in [6.07, 6.45) is 1.68. The van der Waals surface area contributed by atoms with E-state index in [1.165, 1.54) is 0 Å². The monoisotopic (exact) mass is 350 g/mol. The zero-order valence-corrected chi connectivity index (χ0v) is 14.1. The van der Waals surface area contributed by atoms with Crippen LogP contribution in [0.3, 0.4) is 0 Å². The number of benzene rings is 1. The minimum absolute atomic E-state index is 0.0283. The molecule has 1 aliphatic heterocycles. The van der Waals surface area contributed by atoms with Gasteiger partial charge in [0.25, 0.3) is 5.91 Å². The van der Waals surface area contributed by atoms with Crippen LogP contribution in [0.5, 0.6) is 0 Å². The fourth-order valence-corrected chi connectivity index (χ4v) is 3.56. The molecule has 1 saturated heterocycles. The number of hydrogen-bond donors (Lipinski definition) is 0. The zero-order valence-electron chi connectivity index (χ0n) is 13.3. The lowest BCUT2D eigenvalue weighted by atomic mass is 10.1. The van der Waals surface area contributed by atoms with Crippen LogP contribution >= 0.6 is 11.7 Å². The van der Waals surface area contributed by atoms with E-state index < -0.39 is 0 Å². The summed E-state index contributed by atoms with van der Waals surface area (Å²) >= 11 is 1.12. The number of aromatic nitrogens is 3. The minimum Gasteiger partial charge on any atom is -0.352 e. The Morgan fingerprint density at radius 2 is 1.96 bits per heavy atom. The van der Waals surface area contributed by atoms with Crippen molar-refractivity contribution in [1.29, 1.82) is 5.26 Å². The summed E-state index contributed by atoms with van der Waals surface area (Å²) in [4.78, 5) is 21.0. The average Bonchev–Trinajstić information content (AvgIpc) is 3.16. The van der Waals surface area contributed by atoms with E-state index in [1.807, 2.05) is 21.9 Å². The fraction of sp³-hybridized carbons (Fsp3) is 0.235. The van der Waals surface area contributed by atoms with Crippen molar-refractivity contribution in [3.05, 3.63) is 47.7 Å². The third kappa shape index (κ3) is 2.79. The standard InChI is InChI=1S/C17H14N6OS/c18-11-12-3-2-6-19-16(12)22-7-9-23(10-8-22)17(24)13-4-1-5-14-15(13)21-25-20-14/h1-6H,7-10H2. The summed E-state index contributed by atoms with van der Waals surface area (Å²) < 4.78 is 8.44. The van der Waals surface area contributed by atoms with Gasteiger partial charge in [-0.2, -0.15) is 14.0 Å². The Bertz CT molecular complexity index is 970. The molecule has 0 saturated carbocycles. The first-order valence-electron chi connectivity index (χ1n) is 7.88. The van der Waals surface area contributed by atoms with E-state index in [9.17, 15) is 10.1 Å². The number of piperazine rings is 1. The molecular formula is C17H14N6OS. The lowest BCUT2D eigenvalue weighted by Crippen LogP contribution is -2.49. The second kappa shape index (κ2) is 6.45. The highest BCUT2D eigenvalue weighted by atomic mass is 32.1. The van der Waals surface area contributed by atoms with E-state index >= 15 is 0 Å². The highest BCUT2D eigenvalue weighted by Crippen LogP contribution is 2.21. The van der Waals surface area contributed by atoms with Crippen molar-refractivity contribution in [3.63, 3.8) is 0 Å². The van der Waals surface area contributed by atoms with Crippen molar-refractivity contribution in [2.24, 2.45) is 0 Å².